The van der Waals surface area contributed by atoms with Crippen molar-refractivity contribution in [1.82, 2.24) is 15.1 Å². The van der Waals surface area contributed by atoms with E-state index in [1.807, 2.05) is 17.0 Å². The summed E-state index contributed by atoms with van der Waals surface area (Å²) in [5.41, 5.74) is 0.696. The zero-order valence-corrected chi connectivity index (χ0v) is 15.3. The van der Waals surface area contributed by atoms with Crippen LogP contribution in [-0.4, -0.2) is 60.8 Å². The van der Waals surface area contributed by atoms with E-state index in [1.54, 1.807) is 6.07 Å². The third-order valence-corrected chi connectivity index (χ3v) is 5.94. The number of urea groups is 1. The molecule has 3 aliphatic rings. The summed E-state index contributed by atoms with van der Waals surface area (Å²) < 4.78 is 19.9. The lowest BCUT2D eigenvalue weighted by Gasteiger charge is -2.53. The Bertz CT molecular complexity index is 632. The van der Waals surface area contributed by atoms with Gasteiger partial charge in [-0.15, -0.1) is 0 Å². The minimum absolute atomic E-state index is 0.0548. The number of amides is 2. The number of carbonyl (C=O) groups is 1. The second-order valence-electron chi connectivity index (χ2n) is 8.02. The van der Waals surface area contributed by atoms with Crippen molar-refractivity contribution in [2.75, 3.05) is 39.3 Å². The van der Waals surface area contributed by atoms with E-state index in [-0.39, 0.29) is 17.4 Å². The molecule has 3 heterocycles. The summed E-state index contributed by atoms with van der Waals surface area (Å²) in [6, 6.07) is 7.04. The van der Waals surface area contributed by atoms with Gasteiger partial charge in [-0.25, -0.2) is 9.18 Å². The van der Waals surface area contributed by atoms with Crippen molar-refractivity contribution in [3.8, 4) is 0 Å². The van der Waals surface area contributed by atoms with Crippen LogP contribution in [-0.2, 0) is 11.3 Å². The largest absolute Gasteiger partial charge is 0.372 e. The van der Waals surface area contributed by atoms with Crippen molar-refractivity contribution in [2.45, 2.75) is 37.8 Å². The average molecular weight is 361 g/mol. The SMILES string of the molecule is O=C(NCC1CCC2(CN(Cc3ccccc3F)C2)OC1)N1CCCC1. The summed E-state index contributed by atoms with van der Waals surface area (Å²) in [6.07, 6.45) is 4.33. The number of rotatable bonds is 4. The highest BCUT2D eigenvalue weighted by Crippen LogP contribution is 2.36. The van der Waals surface area contributed by atoms with E-state index in [0.29, 0.717) is 25.6 Å². The highest BCUT2D eigenvalue weighted by atomic mass is 19.1. The van der Waals surface area contributed by atoms with Crippen LogP contribution in [0, 0.1) is 11.7 Å². The standard InChI is InChI=1S/C20H28FN3O2/c21-18-6-2-1-5-17(18)12-23-14-20(15-23)8-7-16(13-26-20)11-22-19(25)24-9-3-4-10-24/h1-2,5-6,16H,3-4,7-15H2,(H,22,25). The van der Waals surface area contributed by atoms with Gasteiger partial charge in [-0.1, -0.05) is 18.2 Å². The molecule has 1 aromatic rings. The molecular formula is C20H28FN3O2. The van der Waals surface area contributed by atoms with Gasteiger partial charge in [-0.2, -0.15) is 0 Å². The molecule has 1 N–H and O–H groups in total. The van der Waals surface area contributed by atoms with E-state index in [4.69, 9.17) is 4.74 Å². The Morgan fingerprint density at radius 3 is 2.73 bits per heavy atom. The van der Waals surface area contributed by atoms with Crippen LogP contribution in [0.15, 0.2) is 24.3 Å². The van der Waals surface area contributed by atoms with Gasteiger partial charge < -0.3 is 15.0 Å². The summed E-state index contributed by atoms with van der Waals surface area (Å²) in [7, 11) is 0. The van der Waals surface area contributed by atoms with Crippen molar-refractivity contribution in [3.63, 3.8) is 0 Å². The summed E-state index contributed by atoms with van der Waals surface area (Å²) in [5.74, 6) is 0.264. The predicted octanol–water partition coefficient (Wildman–Crippen LogP) is 2.61. The minimum atomic E-state index is -0.133. The Balaban J connectivity index is 1.17. The lowest BCUT2D eigenvalue weighted by Crippen LogP contribution is -2.64. The number of hydrogen-bond donors (Lipinski definition) is 1. The number of nitrogens with zero attached hydrogens (tertiary/aromatic N) is 2. The van der Waals surface area contributed by atoms with Crippen LogP contribution in [0.3, 0.4) is 0 Å². The molecule has 3 fully saturated rings. The van der Waals surface area contributed by atoms with Crippen molar-refractivity contribution in [1.29, 1.82) is 0 Å². The molecular weight excluding hydrogens is 333 g/mol. The van der Waals surface area contributed by atoms with Gasteiger partial charge in [0.05, 0.1) is 12.2 Å². The Labute approximate surface area is 154 Å². The van der Waals surface area contributed by atoms with E-state index >= 15 is 0 Å². The molecule has 1 aromatic carbocycles. The Hall–Kier alpha value is -1.66. The number of carbonyl (C=O) groups excluding carboxylic acids is 1. The zero-order chi connectivity index (χ0) is 18.0. The molecule has 1 spiro atoms. The molecule has 2 amide bonds. The van der Waals surface area contributed by atoms with Gasteiger partial charge in [0.1, 0.15) is 5.82 Å². The van der Waals surface area contributed by atoms with Crippen LogP contribution >= 0.6 is 0 Å². The number of nitrogens with one attached hydrogen (secondary N) is 1. The molecule has 5 nitrogen and oxygen atoms in total. The molecule has 0 aromatic heterocycles. The van der Waals surface area contributed by atoms with Crippen LogP contribution in [0.25, 0.3) is 0 Å². The molecule has 0 saturated carbocycles. The monoisotopic (exact) mass is 361 g/mol. The number of benzene rings is 1. The Morgan fingerprint density at radius 1 is 1.27 bits per heavy atom. The van der Waals surface area contributed by atoms with Crippen molar-refractivity contribution < 1.29 is 13.9 Å². The minimum Gasteiger partial charge on any atom is -0.372 e. The molecule has 3 saturated heterocycles. The second kappa shape index (κ2) is 7.53. The van der Waals surface area contributed by atoms with E-state index < -0.39 is 0 Å². The average Bonchev–Trinajstić information content (AvgIpc) is 3.16. The smallest absolute Gasteiger partial charge is 0.317 e. The van der Waals surface area contributed by atoms with Crippen LogP contribution in [0.2, 0.25) is 0 Å². The lowest BCUT2D eigenvalue weighted by molar-refractivity contribution is -0.181. The summed E-state index contributed by atoms with van der Waals surface area (Å²) in [6.45, 7) is 5.55. The van der Waals surface area contributed by atoms with Gasteiger partial charge in [-0.05, 0) is 37.7 Å². The fraction of sp³-hybridized carbons (Fsp3) is 0.650. The molecule has 26 heavy (non-hydrogen) atoms. The lowest BCUT2D eigenvalue weighted by atomic mass is 9.82. The maximum atomic E-state index is 13.8. The third-order valence-electron chi connectivity index (χ3n) is 5.94. The topological polar surface area (TPSA) is 44.8 Å². The van der Waals surface area contributed by atoms with Crippen LogP contribution in [0.4, 0.5) is 9.18 Å². The maximum absolute atomic E-state index is 13.8. The maximum Gasteiger partial charge on any atom is 0.317 e. The van der Waals surface area contributed by atoms with Crippen LogP contribution in [0.5, 0.6) is 0 Å². The summed E-state index contributed by atoms with van der Waals surface area (Å²) in [4.78, 5) is 16.2. The first-order valence-electron chi connectivity index (χ1n) is 9.76. The molecule has 4 rings (SSSR count). The highest BCUT2D eigenvalue weighted by molar-refractivity contribution is 5.74. The molecule has 0 bridgehead atoms. The van der Waals surface area contributed by atoms with E-state index in [2.05, 4.69) is 10.2 Å². The van der Waals surface area contributed by atoms with Gasteiger partial charge in [0.25, 0.3) is 0 Å². The molecule has 142 valence electrons. The number of likely N-dealkylation sites (tertiary alicyclic amines) is 2. The van der Waals surface area contributed by atoms with E-state index in [1.165, 1.54) is 6.07 Å². The van der Waals surface area contributed by atoms with E-state index in [9.17, 15) is 9.18 Å². The van der Waals surface area contributed by atoms with Gasteiger partial charge in [0.2, 0.25) is 0 Å². The highest BCUT2D eigenvalue weighted by Gasteiger charge is 2.46. The van der Waals surface area contributed by atoms with Crippen molar-refractivity contribution in [3.05, 3.63) is 35.6 Å². The quantitative estimate of drug-likeness (QED) is 0.897. The Kier molecular flexibility index (Phi) is 5.14. The molecule has 1 unspecified atom stereocenters. The van der Waals surface area contributed by atoms with Gasteiger partial charge in [0, 0.05) is 44.8 Å². The third kappa shape index (κ3) is 3.86. The second-order valence-corrected chi connectivity index (χ2v) is 8.02. The van der Waals surface area contributed by atoms with Gasteiger partial charge in [0.15, 0.2) is 0 Å². The first-order chi connectivity index (χ1) is 12.6. The number of ether oxygens (including phenoxy) is 1. The molecule has 3 aliphatic heterocycles. The van der Waals surface area contributed by atoms with Crippen LogP contribution in [0.1, 0.15) is 31.2 Å². The summed E-state index contributed by atoms with van der Waals surface area (Å²) in [5, 5.41) is 3.06. The zero-order valence-electron chi connectivity index (χ0n) is 15.3. The van der Waals surface area contributed by atoms with Crippen LogP contribution < -0.4 is 5.32 Å². The molecule has 6 heteroatoms. The Morgan fingerprint density at radius 2 is 2.04 bits per heavy atom. The number of halogens is 1. The fourth-order valence-electron chi connectivity index (χ4n) is 4.34. The van der Waals surface area contributed by atoms with Crippen molar-refractivity contribution in [2.24, 2.45) is 5.92 Å². The molecule has 0 aliphatic carbocycles. The van der Waals surface area contributed by atoms with Gasteiger partial charge >= 0.3 is 6.03 Å². The first kappa shape index (κ1) is 17.7. The number of hydrogen-bond acceptors (Lipinski definition) is 3. The summed E-state index contributed by atoms with van der Waals surface area (Å²) >= 11 is 0. The van der Waals surface area contributed by atoms with Crippen molar-refractivity contribution >= 4 is 6.03 Å². The normalized spacial score (nSPS) is 25.3. The van der Waals surface area contributed by atoms with E-state index in [0.717, 1.165) is 57.4 Å². The van der Waals surface area contributed by atoms with Gasteiger partial charge in [-0.3, -0.25) is 4.90 Å². The molecule has 1 atom stereocenters. The predicted molar refractivity (Wildman–Crippen MR) is 97.3 cm³/mol. The first-order valence-corrected chi connectivity index (χ1v) is 9.76. The fourth-order valence-corrected chi connectivity index (χ4v) is 4.34. The molecule has 0 radical (unpaired) electrons.